The summed E-state index contributed by atoms with van der Waals surface area (Å²) in [5.41, 5.74) is 19.8. The number of halogens is 8. The van der Waals surface area contributed by atoms with Gasteiger partial charge in [0.1, 0.15) is 29.1 Å². The van der Waals surface area contributed by atoms with Crippen molar-refractivity contribution in [3.05, 3.63) is 379 Å². The monoisotopic (exact) mass is 1730 g/mol. The number of aromatic nitrogens is 16. The van der Waals surface area contributed by atoms with Crippen LogP contribution in [0.25, 0.3) is 178 Å². The molecule has 1 aliphatic rings. The second-order valence-electron chi connectivity index (χ2n) is 28.9. The molecule has 126 heavy (non-hydrogen) atoms. The first kappa shape index (κ1) is 81.9. The minimum atomic E-state index is -0.395. The molecule has 18 nitrogen and oxygen atoms in total. The van der Waals surface area contributed by atoms with Crippen molar-refractivity contribution < 1.29 is 17.6 Å². The minimum absolute atomic E-state index is 0.324. The van der Waals surface area contributed by atoms with Crippen molar-refractivity contribution >= 4 is 96.4 Å². The van der Waals surface area contributed by atoms with Crippen LogP contribution in [0.2, 0.25) is 20.1 Å². The lowest BCUT2D eigenvalue weighted by molar-refractivity contribution is 0.585. The molecule has 0 aliphatic carbocycles. The zero-order valence-corrected chi connectivity index (χ0v) is 69.2. The first-order valence-electron chi connectivity index (χ1n) is 39.5. The van der Waals surface area contributed by atoms with Crippen LogP contribution in [0, 0.1) is 23.3 Å². The highest BCUT2D eigenvalue weighted by atomic mass is 35.5. The summed E-state index contributed by atoms with van der Waals surface area (Å²) in [4.78, 5) is 73.3. The molecule has 0 unspecified atom stereocenters. The Balaban J connectivity index is 0.000000114. The molecule has 0 radical (unpaired) electrons. The summed E-state index contributed by atoms with van der Waals surface area (Å²) in [6.45, 7) is 3.74. The smallest absolute Gasteiger partial charge is 0.160 e. The molecule has 17 heterocycles. The Bertz CT molecular complexity index is 6930. The van der Waals surface area contributed by atoms with E-state index < -0.39 is 23.3 Å². The summed E-state index contributed by atoms with van der Waals surface area (Å²) in [7, 11) is 0. The van der Waals surface area contributed by atoms with E-state index >= 15 is 0 Å². The summed E-state index contributed by atoms with van der Waals surface area (Å²) in [6.07, 6.45) is 31.6. The number of pyridine rings is 16. The van der Waals surface area contributed by atoms with Gasteiger partial charge in [-0.05, 0) is 246 Å². The largest absolute Gasteiger partial charge is 0.354 e. The van der Waals surface area contributed by atoms with Gasteiger partial charge in [0.05, 0.1) is 28.5 Å². The predicted molar refractivity (Wildman–Crippen MR) is 491 cm³/mol. The molecule has 16 aromatic heterocycles. The van der Waals surface area contributed by atoms with E-state index in [9.17, 15) is 17.6 Å². The second kappa shape index (κ2) is 37.3. The number of piperazine rings is 1. The minimum Gasteiger partial charge on any atom is -0.354 e. The number of rotatable bonds is 13. The molecule has 610 valence electrons. The average Bonchev–Trinajstić information content (AvgIpc) is 0.784. The maximum Gasteiger partial charge on any atom is 0.160 e. The highest BCUT2D eigenvalue weighted by Gasteiger charge is 2.22. The number of hydrogen-bond acceptors (Lipinski definition) is 18. The molecule has 0 spiro atoms. The van der Waals surface area contributed by atoms with Gasteiger partial charge in [0, 0.05) is 252 Å². The predicted octanol–water partition coefficient (Wildman–Crippen LogP) is 24.3. The molecular weight excluding hydrogens is 1670 g/mol. The van der Waals surface area contributed by atoms with Crippen LogP contribution in [0.1, 0.15) is 0 Å². The lowest BCUT2D eigenvalue weighted by Gasteiger charge is -2.28. The van der Waals surface area contributed by atoms with Crippen LogP contribution < -0.4 is 10.2 Å². The molecule has 0 atom stereocenters. The first-order chi connectivity index (χ1) is 61.7. The molecule has 0 bridgehead atoms. The zero-order valence-electron chi connectivity index (χ0n) is 66.2. The Morgan fingerprint density at radius 1 is 0.238 bits per heavy atom. The van der Waals surface area contributed by atoms with E-state index in [2.05, 4.69) is 102 Å². The lowest BCUT2D eigenvalue weighted by atomic mass is 9.98. The van der Waals surface area contributed by atoms with Crippen LogP contribution in [0.15, 0.2) is 336 Å². The maximum absolute atomic E-state index is 14.7. The van der Waals surface area contributed by atoms with E-state index in [0.29, 0.717) is 87.7 Å². The summed E-state index contributed by atoms with van der Waals surface area (Å²) < 4.78 is 58.3. The van der Waals surface area contributed by atoms with Gasteiger partial charge >= 0.3 is 0 Å². The van der Waals surface area contributed by atoms with Crippen molar-refractivity contribution in [2.45, 2.75) is 0 Å². The number of nitrogens with one attached hydrogen (secondary N) is 1. The fourth-order valence-corrected chi connectivity index (χ4v) is 15.4. The third kappa shape index (κ3) is 18.4. The van der Waals surface area contributed by atoms with E-state index in [1.807, 2.05) is 158 Å². The van der Waals surface area contributed by atoms with Gasteiger partial charge in [-0.1, -0.05) is 58.5 Å². The van der Waals surface area contributed by atoms with Crippen LogP contribution in [-0.2, 0) is 0 Å². The number of benzene rings is 4. The van der Waals surface area contributed by atoms with Crippen LogP contribution in [0.4, 0.5) is 23.4 Å². The van der Waals surface area contributed by atoms with E-state index in [0.717, 1.165) is 143 Å². The Morgan fingerprint density at radius 3 is 0.976 bits per heavy atom. The molecule has 26 heteroatoms. The molecule has 0 saturated carbocycles. The average molecular weight is 1740 g/mol. The van der Waals surface area contributed by atoms with E-state index in [-0.39, 0.29) is 0 Å². The Labute approximate surface area is 738 Å². The SMILES string of the molecule is Fc1ccc(Cl)cc1-c1cc(-c2cncc(-c3ccccn3)c2)c2cccnc2n1.Fc1ccc(Cl)cc1-c1cc(-c2cncc(-c3cccnc3)c2)c2cccnc2n1.Fc1ccc(Cl)cc1-c1cc(-c2cncc(-c3ccnc(N4CCNCC4)c3)c2)c2cccnc2n1.Fc1ccc(Cl)cc1-c1cc(-c2cncc(-c3ccncc3)c2)c2cccnc2n1. The highest BCUT2D eigenvalue weighted by Crippen LogP contribution is 2.41. The van der Waals surface area contributed by atoms with Crippen molar-refractivity contribution in [3.8, 4) is 134 Å². The molecule has 1 N–H and O–H groups in total. The molecule has 21 rings (SSSR count). The molecule has 0 amide bonds. The summed E-state index contributed by atoms with van der Waals surface area (Å²) in [5, 5.41) is 8.56. The number of anilines is 1. The summed E-state index contributed by atoms with van der Waals surface area (Å²) in [5.74, 6) is -0.616. The fraction of sp³-hybridized carbons (Fsp3) is 0.0400. The Kier molecular flexibility index (Phi) is 24.3. The Morgan fingerprint density at radius 2 is 0.587 bits per heavy atom. The molecule has 4 aromatic carbocycles. The van der Waals surface area contributed by atoms with Crippen molar-refractivity contribution in [3.63, 3.8) is 0 Å². The fourth-order valence-electron chi connectivity index (χ4n) is 14.7. The molecule has 1 fully saturated rings. The molecule has 1 saturated heterocycles. The normalized spacial score (nSPS) is 11.8. The number of nitrogens with zero attached hydrogens (tertiary/aromatic N) is 17. The van der Waals surface area contributed by atoms with Crippen LogP contribution in [0.5, 0.6) is 0 Å². The Hall–Kier alpha value is -15.0. The zero-order chi connectivity index (χ0) is 86.0. The van der Waals surface area contributed by atoms with Crippen LogP contribution in [0.3, 0.4) is 0 Å². The van der Waals surface area contributed by atoms with Gasteiger partial charge in [0.15, 0.2) is 22.6 Å². The van der Waals surface area contributed by atoms with Crippen LogP contribution in [-0.4, -0.2) is 106 Å². The van der Waals surface area contributed by atoms with Crippen molar-refractivity contribution in [1.29, 1.82) is 0 Å². The highest BCUT2D eigenvalue weighted by molar-refractivity contribution is 6.32. The third-order valence-corrected chi connectivity index (χ3v) is 21.8. The van der Waals surface area contributed by atoms with E-state index in [1.54, 1.807) is 117 Å². The van der Waals surface area contributed by atoms with Crippen LogP contribution >= 0.6 is 46.4 Å². The first-order valence-corrected chi connectivity index (χ1v) is 41.0. The number of fused-ring (bicyclic) bond motifs is 4. The molecule has 1 aliphatic heterocycles. The van der Waals surface area contributed by atoms with Gasteiger partial charge in [-0.25, -0.2) is 62.4 Å². The van der Waals surface area contributed by atoms with Gasteiger partial charge in [-0.15, -0.1) is 0 Å². The lowest BCUT2D eigenvalue weighted by Crippen LogP contribution is -2.43. The van der Waals surface area contributed by atoms with E-state index in [1.165, 1.54) is 48.5 Å². The van der Waals surface area contributed by atoms with E-state index in [4.69, 9.17) is 46.4 Å². The third-order valence-electron chi connectivity index (χ3n) is 20.8. The standard InChI is InChI=1S/C28H22ClFN6.3C24H14ClFN4/c29-21-3-4-25(30)24(14-21)26-15-23(22-2-1-6-34-28(22)35-26)20-12-19(16-32-17-20)18-5-7-33-27(13-18)36-10-8-31-9-11-36;25-18-5-6-22(26)21(10-18)23-11-20(19-4-2-8-29-24(19)30-23)17-9-16(13-28-14-17)15-3-1-7-27-12-15;25-18-3-4-22(26)21(11-18)23-12-20(19-2-1-7-29-24(19)30-23)17-10-16(13-28-14-17)15-5-8-27-9-6-15;25-17-6-7-21(26)20(11-17)23-12-19(18-4-3-9-29-24(18)30-23)15-10-16(14-27-13-15)22-5-1-2-8-28-22/h1-7,12-17,31H,8-11H2;3*1-14H. The maximum atomic E-state index is 14.7. The van der Waals surface area contributed by atoms with Gasteiger partial charge in [-0.2, -0.15) is 0 Å². The van der Waals surface area contributed by atoms with Gasteiger partial charge in [-0.3, -0.25) is 34.9 Å². The van der Waals surface area contributed by atoms with Crippen molar-refractivity contribution in [2.24, 2.45) is 0 Å². The van der Waals surface area contributed by atoms with Gasteiger partial charge < -0.3 is 10.2 Å². The topological polar surface area (TPSA) is 222 Å². The quantitative estimate of drug-likeness (QED) is 0.106. The summed E-state index contributed by atoms with van der Waals surface area (Å²) >= 11 is 24.5. The van der Waals surface area contributed by atoms with Gasteiger partial charge in [0.25, 0.3) is 0 Å². The molecular formula is C100H64Cl4F4N18. The van der Waals surface area contributed by atoms with Crippen molar-refractivity contribution in [2.75, 3.05) is 31.1 Å². The summed E-state index contributed by atoms with van der Waals surface area (Å²) in [6, 6.07) is 66.1. The van der Waals surface area contributed by atoms with Gasteiger partial charge in [0.2, 0.25) is 0 Å². The van der Waals surface area contributed by atoms with Crippen molar-refractivity contribution in [1.82, 2.24) is 85.1 Å². The number of hydrogen-bond donors (Lipinski definition) is 1. The molecule has 20 aromatic rings. The second-order valence-corrected chi connectivity index (χ2v) is 30.6.